The normalized spacial score (nSPS) is 11.5. The zero-order chi connectivity index (χ0) is 37.7. The van der Waals surface area contributed by atoms with Crippen molar-refractivity contribution in [2.75, 3.05) is 0 Å². The van der Waals surface area contributed by atoms with Crippen LogP contribution in [0.2, 0.25) is 0 Å². The minimum atomic E-state index is 0.613. The van der Waals surface area contributed by atoms with Crippen LogP contribution in [0.3, 0.4) is 0 Å². The van der Waals surface area contributed by atoms with Crippen molar-refractivity contribution in [2.24, 2.45) is 0 Å². The van der Waals surface area contributed by atoms with Crippen molar-refractivity contribution in [1.82, 2.24) is 19.5 Å². The third kappa shape index (κ3) is 5.66. The van der Waals surface area contributed by atoms with Crippen molar-refractivity contribution in [1.29, 1.82) is 0 Å². The van der Waals surface area contributed by atoms with E-state index >= 15 is 0 Å². The standard InChI is InChI=1S/C53H34N4/c1-5-17-35(18-6-1)45-32-42(53-55-51(38-22-9-3-10-23-38)54-52(56-53)39-24-11-4-12-25-39)33-46(36-19-7-2-8-20-36)50(45)57-48-34-41-27-14-13-26-40(41)31-47(48)44-30-29-37-21-15-16-28-43(37)49(44)57/h1-34H. The Balaban J connectivity index is 1.30. The molecule has 0 saturated carbocycles. The summed E-state index contributed by atoms with van der Waals surface area (Å²) in [6, 6.07) is 73.0. The highest BCUT2D eigenvalue weighted by Crippen LogP contribution is 2.46. The summed E-state index contributed by atoms with van der Waals surface area (Å²) in [4.78, 5) is 15.4. The van der Waals surface area contributed by atoms with Gasteiger partial charge in [0.25, 0.3) is 0 Å². The van der Waals surface area contributed by atoms with Gasteiger partial charge in [-0.1, -0.05) is 182 Å². The fourth-order valence-electron chi connectivity index (χ4n) is 8.31. The van der Waals surface area contributed by atoms with E-state index in [-0.39, 0.29) is 0 Å². The minimum Gasteiger partial charge on any atom is -0.307 e. The molecule has 266 valence electrons. The molecule has 0 aliphatic heterocycles. The van der Waals surface area contributed by atoms with Gasteiger partial charge < -0.3 is 4.57 Å². The van der Waals surface area contributed by atoms with E-state index in [9.17, 15) is 0 Å². The second kappa shape index (κ2) is 13.6. The van der Waals surface area contributed by atoms with Gasteiger partial charge in [-0.3, -0.25) is 0 Å². The van der Waals surface area contributed by atoms with Gasteiger partial charge in [0.05, 0.1) is 16.7 Å². The van der Waals surface area contributed by atoms with E-state index < -0.39 is 0 Å². The van der Waals surface area contributed by atoms with E-state index in [1.165, 1.54) is 37.8 Å². The van der Waals surface area contributed by atoms with E-state index in [0.717, 1.165) is 50.1 Å². The molecule has 0 fully saturated rings. The zero-order valence-electron chi connectivity index (χ0n) is 30.9. The molecule has 11 aromatic rings. The molecular formula is C53H34N4. The van der Waals surface area contributed by atoms with Gasteiger partial charge in [0.1, 0.15) is 0 Å². The lowest BCUT2D eigenvalue weighted by Crippen LogP contribution is -2.04. The molecule has 57 heavy (non-hydrogen) atoms. The van der Waals surface area contributed by atoms with Crippen LogP contribution in [0.5, 0.6) is 0 Å². The topological polar surface area (TPSA) is 43.6 Å². The van der Waals surface area contributed by atoms with Crippen LogP contribution in [-0.4, -0.2) is 19.5 Å². The predicted octanol–water partition coefficient (Wildman–Crippen LogP) is 13.6. The van der Waals surface area contributed by atoms with Crippen LogP contribution in [0.1, 0.15) is 0 Å². The SMILES string of the molecule is c1ccc(-c2nc(-c3ccccc3)nc(-c3cc(-c4ccccc4)c(-n4c5cc6ccccc6cc5c5ccc6ccccc6c54)c(-c4ccccc4)c3)n2)cc1. The smallest absolute Gasteiger partial charge is 0.164 e. The summed E-state index contributed by atoms with van der Waals surface area (Å²) in [5.74, 6) is 1.88. The fraction of sp³-hybridized carbons (Fsp3) is 0. The Labute approximate surface area is 330 Å². The predicted molar refractivity (Wildman–Crippen MR) is 236 cm³/mol. The first-order valence-electron chi connectivity index (χ1n) is 19.3. The molecule has 0 amide bonds. The lowest BCUT2D eigenvalue weighted by atomic mass is 9.92. The Hall–Kier alpha value is -7.69. The molecule has 4 nitrogen and oxygen atoms in total. The molecule has 0 bridgehead atoms. The second-order valence-corrected chi connectivity index (χ2v) is 14.4. The van der Waals surface area contributed by atoms with E-state index in [4.69, 9.17) is 15.0 Å². The first-order valence-corrected chi connectivity index (χ1v) is 19.3. The zero-order valence-corrected chi connectivity index (χ0v) is 30.9. The molecule has 0 aliphatic rings. The van der Waals surface area contributed by atoms with E-state index in [1.54, 1.807) is 0 Å². The van der Waals surface area contributed by atoms with Gasteiger partial charge in [0.15, 0.2) is 17.5 Å². The third-order valence-corrected chi connectivity index (χ3v) is 11.0. The van der Waals surface area contributed by atoms with Crippen molar-refractivity contribution in [3.05, 3.63) is 206 Å². The molecule has 0 unspecified atom stereocenters. The summed E-state index contributed by atoms with van der Waals surface area (Å²) in [5, 5.41) is 7.25. The third-order valence-electron chi connectivity index (χ3n) is 11.0. The Morgan fingerprint density at radius 3 is 1.28 bits per heavy atom. The van der Waals surface area contributed by atoms with Crippen LogP contribution in [0, 0.1) is 0 Å². The first-order chi connectivity index (χ1) is 28.3. The Bertz CT molecular complexity index is 3150. The number of hydrogen-bond acceptors (Lipinski definition) is 3. The first kappa shape index (κ1) is 32.7. The highest BCUT2D eigenvalue weighted by molar-refractivity contribution is 6.21. The van der Waals surface area contributed by atoms with Crippen molar-refractivity contribution >= 4 is 43.4 Å². The highest BCUT2D eigenvalue weighted by Gasteiger charge is 2.24. The monoisotopic (exact) mass is 726 g/mol. The van der Waals surface area contributed by atoms with Crippen LogP contribution in [0.25, 0.3) is 105 Å². The fourth-order valence-corrected chi connectivity index (χ4v) is 8.31. The number of hydrogen-bond donors (Lipinski definition) is 0. The lowest BCUT2D eigenvalue weighted by molar-refractivity contribution is 1.07. The van der Waals surface area contributed by atoms with Gasteiger partial charge in [-0.25, -0.2) is 15.0 Å². The van der Waals surface area contributed by atoms with Crippen molar-refractivity contribution in [2.45, 2.75) is 0 Å². The quantitative estimate of drug-likeness (QED) is 0.171. The van der Waals surface area contributed by atoms with Gasteiger partial charge in [0.2, 0.25) is 0 Å². The van der Waals surface area contributed by atoms with Crippen LogP contribution in [0.15, 0.2) is 206 Å². The summed E-state index contributed by atoms with van der Waals surface area (Å²) in [7, 11) is 0. The summed E-state index contributed by atoms with van der Waals surface area (Å²) in [5.41, 5.74) is 10.6. The molecular weight excluding hydrogens is 693 g/mol. The molecule has 2 aromatic heterocycles. The molecule has 2 heterocycles. The largest absolute Gasteiger partial charge is 0.307 e. The molecule has 0 atom stereocenters. The highest BCUT2D eigenvalue weighted by atomic mass is 15.0. The van der Waals surface area contributed by atoms with Crippen molar-refractivity contribution in [3.8, 4) is 62.1 Å². The average Bonchev–Trinajstić information content (AvgIpc) is 3.62. The molecule has 9 aromatic carbocycles. The maximum Gasteiger partial charge on any atom is 0.164 e. The second-order valence-electron chi connectivity index (χ2n) is 14.4. The Morgan fingerprint density at radius 2 is 0.737 bits per heavy atom. The van der Waals surface area contributed by atoms with E-state index in [2.05, 4.69) is 174 Å². The van der Waals surface area contributed by atoms with Crippen molar-refractivity contribution < 1.29 is 0 Å². The number of fused-ring (bicyclic) bond motifs is 6. The average molecular weight is 727 g/mol. The van der Waals surface area contributed by atoms with Gasteiger partial charge in [0, 0.05) is 44.0 Å². The summed E-state index contributed by atoms with van der Waals surface area (Å²) in [6.07, 6.45) is 0. The van der Waals surface area contributed by atoms with Gasteiger partial charge in [-0.05, 0) is 51.6 Å². The van der Waals surface area contributed by atoms with E-state index in [1.807, 2.05) is 36.4 Å². The van der Waals surface area contributed by atoms with Crippen LogP contribution < -0.4 is 0 Å². The minimum absolute atomic E-state index is 0.613. The number of aromatic nitrogens is 4. The van der Waals surface area contributed by atoms with Crippen LogP contribution in [0.4, 0.5) is 0 Å². The summed E-state index contributed by atoms with van der Waals surface area (Å²) >= 11 is 0. The Morgan fingerprint density at radius 1 is 0.298 bits per heavy atom. The van der Waals surface area contributed by atoms with Gasteiger partial charge >= 0.3 is 0 Å². The van der Waals surface area contributed by atoms with Crippen molar-refractivity contribution in [3.63, 3.8) is 0 Å². The lowest BCUT2D eigenvalue weighted by Gasteiger charge is -2.21. The maximum absolute atomic E-state index is 5.21. The van der Waals surface area contributed by atoms with Gasteiger partial charge in [-0.2, -0.15) is 0 Å². The molecule has 0 aliphatic carbocycles. The number of benzene rings is 9. The Kier molecular flexibility index (Phi) is 7.78. The molecule has 11 rings (SSSR count). The van der Waals surface area contributed by atoms with E-state index in [0.29, 0.717) is 17.5 Å². The summed E-state index contributed by atoms with van der Waals surface area (Å²) in [6.45, 7) is 0. The van der Waals surface area contributed by atoms with Crippen LogP contribution >= 0.6 is 0 Å². The molecule has 0 N–H and O–H groups in total. The molecule has 0 radical (unpaired) electrons. The molecule has 4 heteroatoms. The number of nitrogens with zero attached hydrogens (tertiary/aromatic N) is 4. The van der Waals surface area contributed by atoms with Crippen LogP contribution in [-0.2, 0) is 0 Å². The van der Waals surface area contributed by atoms with Gasteiger partial charge in [-0.15, -0.1) is 0 Å². The summed E-state index contributed by atoms with van der Waals surface area (Å²) < 4.78 is 2.52. The molecule has 0 spiro atoms. The molecule has 0 saturated heterocycles. The maximum atomic E-state index is 5.21. The number of rotatable bonds is 6.